The van der Waals surface area contributed by atoms with Crippen molar-refractivity contribution < 1.29 is 19.1 Å². The molecule has 0 aliphatic carbocycles. The summed E-state index contributed by atoms with van der Waals surface area (Å²) in [6.45, 7) is 1.74. The number of ether oxygens (including phenoxy) is 2. The molecule has 8 heteroatoms. The van der Waals surface area contributed by atoms with E-state index in [-0.39, 0.29) is 12.5 Å². The summed E-state index contributed by atoms with van der Waals surface area (Å²) in [6, 6.07) is 3.37. The second kappa shape index (κ2) is 3.83. The molecule has 0 saturated carbocycles. The lowest BCUT2D eigenvalue weighted by Crippen LogP contribution is -2.61. The van der Waals surface area contributed by atoms with Crippen LogP contribution in [0.4, 0.5) is 16.4 Å². The van der Waals surface area contributed by atoms with Crippen LogP contribution >= 0.6 is 0 Å². The number of nitrogens with zero attached hydrogens (tertiary/aromatic N) is 2. The summed E-state index contributed by atoms with van der Waals surface area (Å²) in [5, 5.41) is 5.71. The highest BCUT2D eigenvalue weighted by Gasteiger charge is 2.50. The Morgan fingerprint density at radius 2 is 2.15 bits per heavy atom. The van der Waals surface area contributed by atoms with Crippen molar-refractivity contribution in [3.8, 4) is 5.75 Å². The van der Waals surface area contributed by atoms with Gasteiger partial charge in [0.2, 0.25) is 0 Å². The van der Waals surface area contributed by atoms with Crippen LogP contribution in [-0.2, 0) is 9.53 Å². The number of rotatable bonds is 1. The minimum Gasteiger partial charge on any atom is -0.480 e. The van der Waals surface area contributed by atoms with Crippen LogP contribution in [0.3, 0.4) is 0 Å². The average molecular weight is 276 g/mol. The fourth-order valence-corrected chi connectivity index (χ4v) is 2.49. The molecular formula is C12H12N4O4. The van der Waals surface area contributed by atoms with E-state index in [2.05, 4.69) is 15.6 Å². The van der Waals surface area contributed by atoms with Crippen molar-refractivity contribution in [2.24, 2.45) is 0 Å². The van der Waals surface area contributed by atoms with Crippen LogP contribution in [0.2, 0.25) is 0 Å². The second-order valence-corrected chi connectivity index (χ2v) is 5.09. The highest BCUT2D eigenvalue weighted by atomic mass is 16.6. The van der Waals surface area contributed by atoms with Crippen LogP contribution in [0.5, 0.6) is 5.75 Å². The third-order valence-corrected chi connectivity index (χ3v) is 3.60. The van der Waals surface area contributed by atoms with E-state index < -0.39 is 11.7 Å². The van der Waals surface area contributed by atoms with Gasteiger partial charge in [-0.25, -0.2) is 9.78 Å². The monoisotopic (exact) mass is 276 g/mol. The normalized spacial score (nSPS) is 22.7. The summed E-state index contributed by atoms with van der Waals surface area (Å²) in [5.74, 6) is 1.02. The lowest BCUT2D eigenvalue weighted by molar-refractivity contribution is -0.118. The number of nitrogens with one attached hydrogen (secondary N) is 2. The fourth-order valence-electron chi connectivity index (χ4n) is 2.49. The minimum absolute atomic E-state index is 0.0193. The maximum atomic E-state index is 11.9. The molecule has 0 radical (unpaired) electrons. The summed E-state index contributed by atoms with van der Waals surface area (Å²) in [7, 11) is 0. The van der Waals surface area contributed by atoms with Crippen LogP contribution in [0, 0.1) is 0 Å². The van der Waals surface area contributed by atoms with E-state index in [1.807, 2.05) is 0 Å². The molecule has 8 nitrogen and oxygen atoms in total. The number of fused-ring (bicyclic) bond motifs is 1. The van der Waals surface area contributed by atoms with E-state index in [0.29, 0.717) is 37.0 Å². The summed E-state index contributed by atoms with van der Waals surface area (Å²) in [5.41, 5.74) is -0.436. The third kappa shape index (κ3) is 1.61. The summed E-state index contributed by atoms with van der Waals surface area (Å²) in [6.07, 6.45) is -0.415. The fraction of sp³-hybridized carbons (Fsp3) is 0.417. The van der Waals surface area contributed by atoms with Crippen LogP contribution in [-0.4, -0.2) is 48.8 Å². The van der Waals surface area contributed by atoms with Gasteiger partial charge in [0.25, 0.3) is 5.91 Å². The van der Waals surface area contributed by atoms with Gasteiger partial charge in [-0.05, 0) is 12.1 Å². The zero-order valence-electron chi connectivity index (χ0n) is 10.5. The van der Waals surface area contributed by atoms with Crippen molar-refractivity contribution in [3.05, 3.63) is 12.1 Å². The van der Waals surface area contributed by atoms with Crippen molar-refractivity contribution in [1.82, 2.24) is 10.3 Å². The van der Waals surface area contributed by atoms with Crippen LogP contribution in [0.1, 0.15) is 0 Å². The molecule has 4 rings (SSSR count). The Morgan fingerprint density at radius 3 is 2.85 bits per heavy atom. The SMILES string of the molecule is O=C1COc2ccc(N3CC4(CNC4)OC3=O)nc2N1. The zero-order valence-corrected chi connectivity index (χ0v) is 10.5. The lowest BCUT2D eigenvalue weighted by atomic mass is 9.97. The highest BCUT2D eigenvalue weighted by Crippen LogP contribution is 2.33. The first-order valence-electron chi connectivity index (χ1n) is 6.30. The number of carbonyl (C=O) groups is 2. The van der Waals surface area contributed by atoms with Gasteiger partial charge in [-0.3, -0.25) is 9.69 Å². The van der Waals surface area contributed by atoms with E-state index in [0.717, 1.165) is 0 Å². The Morgan fingerprint density at radius 1 is 1.30 bits per heavy atom. The Hall–Kier alpha value is -2.35. The average Bonchev–Trinajstić information content (AvgIpc) is 2.76. The smallest absolute Gasteiger partial charge is 0.416 e. The molecule has 4 heterocycles. The van der Waals surface area contributed by atoms with Crippen molar-refractivity contribution in [2.75, 3.05) is 36.5 Å². The molecule has 0 bridgehead atoms. The lowest BCUT2D eigenvalue weighted by Gasteiger charge is -2.36. The second-order valence-electron chi connectivity index (χ2n) is 5.09. The first-order valence-corrected chi connectivity index (χ1v) is 6.30. The quantitative estimate of drug-likeness (QED) is 0.732. The molecular weight excluding hydrogens is 264 g/mol. The number of hydrogen-bond donors (Lipinski definition) is 2. The predicted octanol–water partition coefficient (Wildman–Crippen LogP) is -0.289. The van der Waals surface area contributed by atoms with Gasteiger partial charge in [-0.1, -0.05) is 0 Å². The molecule has 2 N–H and O–H groups in total. The van der Waals surface area contributed by atoms with Crippen molar-refractivity contribution in [1.29, 1.82) is 0 Å². The van der Waals surface area contributed by atoms with Gasteiger partial charge in [0.05, 0.1) is 6.54 Å². The number of amides is 2. The van der Waals surface area contributed by atoms with Gasteiger partial charge < -0.3 is 20.1 Å². The first-order chi connectivity index (χ1) is 9.65. The molecule has 2 saturated heterocycles. The predicted molar refractivity (Wildman–Crippen MR) is 67.8 cm³/mol. The molecule has 2 amide bonds. The van der Waals surface area contributed by atoms with Gasteiger partial charge in [0.1, 0.15) is 5.82 Å². The zero-order chi connectivity index (χ0) is 13.7. The number of carbonyl (C=O) groups excluding carboxylic acids is 2. The van der Waals surface area contributed by atoms with E-state index >= 15 is 0 Å². The number of anilines is 2. The van der Waals surface area contributed by atoms with Crippen molar-refractivity contribution >= 4 is 23.6 Å². The maximum Gasteiger partial charge on any atom is 0.416 e. The molecule has 104 valence electrons. The van der Waals surface area contributed by atoms with E-state index in [1.54, 1.807) is 12.1 Å². The van der Waals surface area contributed by atoms with E-state index in [4.69, 9.17) is 9.47 Å². The molecule has 0 atom stereocenters. The maximum absolute atomic E-state index is 11.9. The van der Waals surface area contributed by atoms with Crippen molar-refractivity contribution in [2.45, 2.75) is 5.60 Å². The Labute approximate surface area is 114 Å². The largest absolute Gasteiger partial charge is 0.480 e. The molecule has 20 heavy (non-hydrogen) atoms. The molecule has 0 aromatic carbocycles. The Kier molecular flexibility index (Phi) is 2.19. The van der Waals surface area contributed by atoms with Gasteiger partial charge in [-0.15, -0.1) is 0 Å². The number of pyridine rings is 1. The Balaban J connectivity index is 1.64. The topological polar surface area (TPSA) is 92.8 Å². The first kappa shape index (κ1) is 11.5. The molecule has 1 spiro atoms. The van der Waals surface area contributed by atoms with Gasteiger partial charge in [-0.2, -0.15) is 0 Å². The van der Waals surface area contributed by atoms with Crippen LogP contribution in [0.15, 0.2) is 12.1 Å². The van der Waals surface area contributed by atoms with Gasteiger partial charge in [0.15, 0.2) is 23.8 Å². The molecule has 1 aromatic heterocycles. The molecule has 0 unspecified atom stereocenters. The minimum atomic E-state index is -0.436. The number of aromatic nitrogens is 1. The van der Waals surface area contributed by atoms with E-state index in [1.165, 1.54) is 4.90 Å². The summed E-state index contributed by atoms with van der Waals surface area (Å²) < 4.78 is 10.6. The number of hydrogen-bond acceptors (Lipinski definition) is 6. The van der Waals surface area contributed by atoms with E-state index in [9.17, 15) is 9.59 Å². The molecule has 3 aliphatic rings. The van der Waals surface area contributed by atoms with Crippen LogP contribution in [0.25, 0.3) is 0 Å². The van der Waals surface area contributed by atoms with Gasteiger partial charge in [0, 0.05) is 13.1 Å². The third-order valence-electron chi connectivity index (χ3n) is 3.60. The highest BCUT2D eigenvalue weighted by molar-refractivity contribution is 5.95. The Bertz CT molecular complexity index is 613. The van der Waals surface area contributed by atoms with Crippen LogP contribution < -0.4 is 20.3 Å². The molecule has 2 fully saturated rings. The molecule has 1 aromatic rings. The summed E-state index contributed by atoms with van der Waals surface area (Å²) in [4.78, 5) is 29.0. The standard InChI is InChI=1S/C12H12N4O4/c17-9-3-19-7-1-2-8(14-10(7)15-9)16-6-12(4-13-5-12)20-11(16)18/h1-2,13H,3-6H2,(H,14,15,17). The van der Waals surface area contributed by atoms with Crippen molar-refractivity contribution in [3.63, 3.8) is 0 Å². The summed E-state index contributed by atoms with van der Waals surface area (Å²) >= 11 is 0. The van der Waals surface area contributed by atoms with Gasteiger partial charge >= 0.3 is 6.09 Å². The molecule has 3 aliphatic heterocycles.